The van der Waals surface area contributed by atoms with E-state index in [1.165, 1.54) is 5.38 Å². The molecule has 2 rings (SSSR count). The number of nitrogens with zero attached hydrogens (tertiary/aromatic N) is 1. The molecule has 6 nitrogen and oxygen atoms in total. The maximum atomic E-state index is 11.9. The van der Waals surface area contributed by atoms with Gasteiger partial charge in [-0.25, -0.2) is 9.78 Å². The molecule has 1 aromatic heterocycles. The lowest BCUT2D eigenvalue weighted by Crippen LogP contribution is -2.46. The molecule has 104 valence electrons. The van der Waals surface area contributed by atoms with E-state index < -0.39 is 17.9 Å². The largest absolute Gasteiger partial charge is 0.480 e. The first-order valence-corrected chi connectivity index (χ1v) is 7.20. The fourth-order valence-electron chi connectivity index (χ4n) is 2.46. The van der Waals surface area contributed by atoms with Gasteiger partial charge in [0, 0.05) is 5.38 Å². The van der Waals surface area contributed by atoms with Gasteiger partial charge in [0.25, 0.3) is 5.91 Å². The van der Waals surface area contributed by atoms with Crippen LogP contribution in [0, 0.1) is 5.92 Å². The summed E-state index contributed by atoms with van der Waals surface area (Å²) in [6, 6.07) is -0.837. The Bertz CT molecular complexity index is 469. The minimum absolute atomic E-state index is 0.00572. The van der Waals surface area contributed by atoms with Crippen LogP contribution in [0.3, 0.4) is 0 Å². The van der Waals surface area contributed by atoms with Gasteiger partial charge in [0.15, 0.2) is 5.13 Å². The second-order valence-electron chi connectivity index (χ2n) is 4.76. The minimum Gasteiger partial charge on any atom is -0.480 e. The summed E-state index contributed by atoms with van der Waals surface area (Å²) in [5, 5.41) is 13.7. The van der Waals surface area contributed by atoms with Gasteiger partial charge >= 0.3 is 5.97 Å². The van der Waals surface area contributed by atoms with Crippen molar-refractivity contribution in [3.8, 4) is 0 Å². The number of thiazole rings is 1. The van der Waals surface area contributed by atoms with Crippen molar-refractivity contribution in [1.29, 1.82) is 0 Å². The number of anilines is 1. The van der Waals surface area contributed by atoms with Gasteiger partial charge in [-0.05, 0) is 18.8 Å². The molecule has 0 bridgehead atoms. The van der Waals surface area contributed by atoms with E-state index in [4.69, 9.17) is 5.73 Å². The zero-order chi connectivity index (χ0) is 13.8. The predicted octanol–water partition coefficient (Wildman–Crippen LogP) is 1.49. The highest BCUT2D eigenvalue weighted by Crippen LogP contribution is 2.27. The zero-order valence-corrected chi connectivity index (χ0v) is 11.3. The molecule has 1 atom stereocenters. The van der Waals surface area contributed by atoms with Gasteiger partial charge < -0.3 is 16.2 Å². The van der Waals surface area contributed by atoms with Gasteiger partial charge in [0.1, 0.15) is 11.7 Å². The molecule has 0 saturated heterocycles. The van der Waals surface area contributed by atoms with E-state index in [0.717, 1.165) is 43.4 Å². The van der Waals surface area contributed by atoms with Crippen molar-refractivity contribution in [2.75, 3.05) is 5.73 Å². The van der Waals surface area contributed by atoms with Crippen molar-refractivity contribution in [1.82, 2.24) is 10.3 Å². The molecule has 0 aliphatic heterocycles. The first kappa shape index (κ1) is 13.8. The van der Waals surface area contributed by atoms with Crippen LogP contribution in [0.1, 0.15) is 42.6 Å². The van der Waals surface area contributed by atoms with Gasteiger partial charge in [-0.1, -0.05) is 19.3 Å². The average molecular weight is 283 g/mol. The number of carboxylic acids is 1. The highest BCUT2D eigenvalue weighted by molar-refractivity contribution is 7.13. The van der Waals surface area contributed by atoms with Gasteiger partial charge in [-0.3, -0.25) is 4.79 Å². The van der Waals surface area contributed by atoms with Gasteiger partial charge in [-0.2, -0.15) is 0 Å². The Labute approximate surface area is 115 Å². The van der Waals surface area contributed by atoms with E-state index in [9.17, 15) is 14.7 Å². The van der Waals surface area contributed by atoms with Crippen LogP contribution >= 0.6 is 11.3 Å². The van der Waals surface area contributed by atoms with E-state index in [0.29, 0.717) is 5.13 Å². The van der Waals surface area contributed by atoms with Crippen molar-refractivity contribution in [3.63, 3.8) is 0 Å². The molecular weight excluding hydrogens is 266 g/mol. The number of nitrogens with two attached hydrogens (primary N) is 1. The van der Waals surface area contributed by atoms with Crippen molar-refractivity contribution in [2.24, 2.45) is 5.92 Å². The Morgan fingerprint density at radius 1 is 1.42 bits per heavy atom. The summed E-state index contributed by atoms with van der Waals surface area (Å²) in [7, 11) is 0. The molecule has 19 heavy (non-hydrogen) atoms. The fourth-order valence-corrected chi connectivity index (χ4v) is 3.00. The zero-order valence-electron chi connectivity index (χ0n) is 10.5. The molecule has 0 radical (unpaired) electrons. The number of hydrogen-bond acceptors (Lipinski definition) is 5. The molecule has 1 aliphatic carbocycles. The summed E-state index contributed by atoms with van der Waals surface area (Å²) in [5.74, 6) is -1.44. The summed E-state index contributed by atoms with van der Waals surface area (Å²) < 4.78 is 0. The number of aliphatic carboxylic acids is 1. The van der Waals surface area contributed by atoms with Crippen LogP contribution in [0.4, 0.5) is 5.13 Å². The summed E-state index contributed by atoms with van der Waals surface area (Å²) in [6.07, 6.45) is 4.87. The number of carbonyl (C=O) groups is 2. The molecule has 1 heterocycles. The summed E-state index contributed by atoms with van der Waals surface area (Å²) in [6.45, 7) is 0. The molecule has 1 unspecified atom stereocenters. The molecular formula is C12H17N3O3S. The molecule has 1 fully saturated rings. The van der Waals surface area contributed by atoms with E-state index in [1.54, 1.807) is 0 Å². The lowest BCUT2D eigenvalue weighted by molar-refractivity contribution is -0.141. The van der Waals surface area contributed by atoms with Crippen LogP contribution in [-0.4, -0.2) is 28.0 Å². The predicted molar refractivity (Wildman–Crippen MR) is 72.0 cm³/mol. The smallest absolute Gasteiger partial charge is 0.326 e. The molecule has 0 spiro atoms. The number of nitrogens with one attached hydrogen (secondary N) is 1. The maximum absolute atomic E-state index is 11.9. The van der Waals surface area contributed by atoms with Crippen molar-refractivity contribution < 1.29 is 14.7 Å². The number of carbonyl (C=O) groups excluding carboxylic acids is 1. The Kier molecular flexibility index (Phi) is 4.36. The van der Waals surface area contributed by atoms with E-state index in [-0.39, 0.29) is 11.6 Å². The third-order valence-electron chi connectivity index (χ3n) is 3.43. The quantitative estimate of drug-likeness (QED) is 0.776. The number of hydrogen-bond donors (Lipinski definition) is 3. The van der Waals surface area contributed by atoms with E-state index >= 15 is 0 Å². The molecule has 7 heteroatoms. The Morgan fingerprint density at radius 2 is 2.11 bits per heavy atom. The van der Waals surface area contributed by atoms with Crippen LogP contribution in [0.15, 0.2) is 5.38 Å². The topological polar surface area (TPSA) is 105 Å². The van der Waals surface area contributed by atoms with Crippen LogP contribution < -0.4 is 11.1 Å². The minimum atomic E-state index is -0.983. The highest BCUT2D eigenvalue weighted by Gasteiger charge is 2.31. The Hall–Kier alpha value is -1.63. The van der Waals surface area contributed by atoms with Gasteiger partial charge in [-0.15, -0.1) is 11.3 Å². The van der Waals surface area contributed by atoms with Crippen LogP contribution in [0.5, 0.6) is 0 Å². The summed E-state index contributed by atoms with van der Waals surface area (Å²) >= 11 is 1.16. The summed E-state index contributed by atoms with van der Waals surface area (Å²) in [5.41, 5.74) is 5.65. The van der Waals surface area contributed by atoms with Crippen molar-refractivity contribution >= 4 is 28.3 Å². The van der Waals surface area contributed by atoms with Crippen LogP contribution in [-0.2, 0) is 4.79 Å². The standard InChI is InChI=1S/C12H17N3O3S/c13-12-14-8(6-19-12)10(16)15-9(11(17)18)7-4-2-1-3-5-7/h6-7,9H,1-5H2,(H2,13,14)(H,15,16)(H,17,18). The van der Waals surface area contributed by atoms with Gasteiger partial charge in [0.2, 0.25) is 0 Å². The number of aromatic nitrogens is 1. The Morgan fingerprint density at radius 3 is 2.63 bits per heavy atom. The number of amides is 1. The van der Waals surface area contributed by atoms with E-state index in [1.807, 2.05) is 0 Å². The number of rotatable bonds is 4. The maximum Gasteiger partial charge on any atom is 0.326 e. The molecule has 1 amide bonds. The third kappa shape index (κ3) is 3.44. The second kappa shape index (κ2) is 6.01. The van der Waals surface area contributed by atoms with Crippen LogP contribution in [0.2, 0.25) is 0 Å². The highest BCUT2D eigenvalue weighted by atomic mass is 32.1. The average Bonchev–Trinajstić information content (AvgIpc) is 2.83. The lowest BCUT2D eigenvalue weighted by atomic mass is 9.84. The van der Waals surface area contributed by atoms with Crippen molar-refractivity contribution in [2.45, 2.75) is 38.1 Å². The first-order chi connectivity index (χ1) is 9.08. The summed E-state index contributed by atoms with van der Waals surface area (Å²) in [4.78, 5) is 27.1. The normalized spacial score (nSPS) is 17.9. The monoisotopic (exact) mass is 283 g/mol. The molecule has 1 aliphatic rings. The fraction of sp³-hybridized carbons (Fsp3) is 0.583. The Balaban J connectivity index is 2.04. The molecule has 0 aromatic carbocycles. The first-order valence-electron chi connectivity index (χ1n) is 6.32. The van der Waals surface area contributed by atoms with E-state index in [2.05, 4.69) is 10.3 Å². The van der Waals surface area contributed by atoms with Crippen LogP contribution in [0.25, 0.3) is 0 Å². The SMILES string of the molecule is Nc1nc(C(=O)NC(C(=O)O)C2CCCCC2)cs1. The van der Waals surface area contributed by atoms with Crippen molar-refractivity contribution in [3.05, 3.63) is 11.1 Å². The molecule has 4 N–H and O–H groups in total. The number of carboxylic acid groups (broad SMARTS) is 1. The number of nitrogen functional groups attached to an aromatic ring is 1. The third-order valence-corrected chi connectivity index (χ3v) is 4.10. The molecule has 1 saturated carbocycles. The second-order valence-corrected chi connectivity index (χ2v) is 5.65. The lowest BCUT2D eigenvalue weighted by Gasteiger charge is -2.27. The molecule has 1 aromatic rings. The van der Waals surface area contributed by atoms with Gasteiger partial charge in [0.05, 0.1) is 0 Å².